The average Bonchev–Trinajstić information content (AvgIpc) is 2.20. The first-order chi connectivity index (χ1) is 7.78. The zero-order valence-corrected chi connectivity index (χ0v) is 11.4. The van der Waals surface area contributed by atoms with Gasteiger partial charge in [0.25, 0.3) is 0 Å². The van der Waals surface area contributed by atoms with Gasteiger partial charge in [0.15, 0.2) is 0 Å². The Kier molecular flexibility index (Phi) is 4.80. The van der Waals surface area contributed by atoms with Gasteiger partial charge in [0.05, 0.1) is 5.75 Å². The lowest BCUT2D eigenvalue weighted by Gasteiger charge is -2.16. The van der Waals surface area contributed by atoms with E-state index in [1.54, 1.807) is 19.2 Å². The second-order valence-electron chi connectivity index (χ2n) is 4.14. The fraction of sp³-hybridized carbons (Fsp3) is 0.455. The van der Waals surface area contributed by atoms with Crippen molar-refractivity contribution in [3.05, 3.63) is 28.8 Å². The Labute approximate surface area is 107 Å². The number of rotatable bonds is 5. The number of hydrogen-bond donors (Lipinski definition) is 1. The molecule has 17 heavy (non-hydrogen) atoms. The van der Waals surface area contributed by atoms with E-state index in [0.29, 0.717) is 23.7 Å². The van der Waals surface area contributed by atoms with Crippen LogP contribution in [0.3, 0.4) is 0 Å². The molecule has 0 saturated heterocycles. The van der Waals surface area contributed by atoms with Crippen molar-refractivity contribution < 1.29 is 13.5 Å². The van der Waals surface area contributed by atoms with Crippen LogP contribution in [0, 0.1) is 0 Å². The van der Waals surface area contributed by atoms with E-state index in [1.807, 2.05) is 4.90 Å². The molecule has 1 rings (SSSR count). The van der Waals surface area contributed by atoms with Gasteiger partial charge in [-0.25, -0.2) is 8.42 Å². The second kappa shape index (κ2) is 5.71. The summed E-state index contributed by atoms with van der Waals surface area (Å²) in [5.74, 6) is 0.269. The molecule has 0 radical (unpaired) electrons. The Morgan fingerprint density at radius 2 is 2.06 bits per heavy atom. The number of halogens is 1. The van der Waals surface area contributed by atoms with Gasteiger partial charge in [0.1, 0.15) is 15.6 Å². The minimum Gasteiger partial charge on any atom is -0.508 e. The van der Waals surface area contributed by atoms with Gasteiger partial charge in [-0.3, -0.25) is 0 Å². The maximum atomic E-state index is 11.0. The molecule has 0 amide bonds. The highest BCUT2D eigenvalue weighted by molar-refractivity contribution is 7.90. The van der Waals surface area contributed by atoms with Gasteiger partial charge in [-0.2, -0.15) is 0 Å². The summed E-state index contributed by atoms with van der Waals surface area (Å²) in [6, 6.07) is 4.81. The predicted octanol–water partition coefficient (Wildman–Crippen LogP) is 1.52. The van der Waals surface area contributed by atoms with E-state index >= 15 is 0 Å². The van der Waals surface area contributed by atoms with Crippen molar-refractivity contribution in [1.82, 2.24) is 4.90 Å². The molecule has 0 spiro atoms. The van der Waals surface area contributed by atoms with E-state index in [9.17, 15) is 13.5 Å². The summed E-state index contributed by atoms with van der Waals surface area (Å²) in [5, 5.41) is 10.2. The lowest BCUT2D eigenvalue weighted by atomic mass is 10.2. The topological polar surface area (TPSA) is 57.6 Å². The van der Waals surface area contributed by atoms with Crippen LogP contribution in [0.5, 0.6) is 5.75 Å². The molecule has 6 heteroatoms. The van der Waals surface area contributed by atoms with Crippen molar-refractivity contribution in [3.63, 3.8) is 0 Å². The number of nitrogens with zero attached hydrogens (tertiary/aromatic N) is 1. The molecule has 0 aliphatic carbocycles. The minimum atomic E-state index is -2.96. The molecule has 0 aliphatic rings. The summed E-state index contributed by atoms with van der Waals surface area (Å²) in [4.78, 5) is 1.83. The third-order valence-corrected chi connectivity index (χ3v) is 3.48. The van der Waals surface area contributed by atoms with Crippen molar-refractivity contribution in [3.8, 4) is 5.75 Å². The SMILES string of the molecule is CN(CCS(C)(=O)=O)Cc1cc(Cl)ccc1O. The highest BCUT2D eigenvalue weighted by Gasteiger charge is 2.08. The maximum absolute atomic E-state index is 11.0. The van der Waals surface area contributed by atoms with E-state index in [2.05, 4.69) is 0 Å². The van der Waals surface area contributed by atoms with Crippen molar-refractivity contribution in [2.24, 2.45) is 0 Å². The summed E-state index contributed by atoms with van der Waals surface area (Å²) >= 11 is 5.82. The quantitative estimate of drug-likeness (QED) is 0.887. The van der Waals surface area contributed by atoms with Crippen LogP contribution in [0.25, 0.3) is 0 Å². The largest absolute Gasteiger partial charge is 0.508 e. The van der Waals surface area contributed by atoms with Gasteiger partial charge in [0, 0.05) is 29.9 Å². The highest BCUT2D eigenvalue weighted by Crippen LogP contribution is 2.22. The number of benzene rings is 1. The van der Waals surface area contributed by atoms with Crippen molar-refractivity contribution in [2.75, 3.05) is 25.6 Å². The highest BCUT2D eigenvalue weighted by atomic mass is 35.5. The van der Waals surface area contributed by atoms with Crippen molar-refractivity contribution in [2.45, 2.75) is 6.54 Å². The number of aromatic hydroxyl groups is 1. The smallest absolute Gasteiger partial charge is 0.148 e. The summed E-state index contributed by atoms with van der Waals surface area (Å²) in [7, 11) is -1.16. The Morgan fingerprint density at radius 3 is 2.65 bits per heavy atom. The van der Waals surface area contributed by atoms with Crippen LogP contribution in [0.4, 0.5) is 0 Å². The Balaban J connectivity index is 2.62. The van der Waals surface area contributed by atoms with E-state index in [4.69, 9.17) is 11.6 Å². The standard InChI is InChI=1S/C11H16ClNO3S/c1-13(5-6-17(2,15)16)8-9-7-10(12)3-4-11(9)14/h3-4,7,14H,5-6,8H2,1-2H3. The zero-order valence-electron chi connectivity index (χ0n) is 9.85. The molecule has 96 valence electrons. The Morgan fingerprint density at radius 1 is 1.41 bits per heavy atom. The second-order valence-corrected chi connectivity index (χ2v) is 6.84. The van der Waals surface area contributed by atoms with E-state index < -0.39 is 9.84 Å². The predicted molar refractivity (Wildman–Crippen MR) is 69.2 cm³/mol. The van der Waals surface area contributed by atoms with Crippen molar-refractivity contribution in [1.29, 1.82) is 0 Å². The molecule has 4 nitrogen and oxygen atoms in total. The van der Waals surface area contributed by atoms with Crippen LogP contribution < -0.4 is 0 Å². The third-order valence-electron chi connectivity index (χ3n) is 2.33. The van der Waals surface area contributed by atoms with Gasteiger partial charge >= 0.3 is 0 Å². The molecular formula is C11H16ClNO3S. The van der Waals surface area contributed by atoms with Gasteiger partial charge < -0.3 is 10.0 Å². The number of phenolic OH excluding ortho intramolecular Hbond substituents is 1. The Hall–Kier alpha value is -0.780. The first kappa shape index (κ1) is 14.3. The molecule has 0 aromatic heterocycles. The van der Waals surface area contributed by atoms with E-state index in [-0.39, 0.29) is 11.5 Å². The van der Waals surface area contributed by atoms with Crippen LogP contribution in [0.15, 0.2) is 18.2 Å². The molecule has 0 unspecified atom stereocenters. The van der Waals surface area contributed by atoms with Gasteiger partial charge in [-0.15, -0.1) is 0 Å². The number of hydrogen-bond acceptors (Lipinski definition) is 4. The normalized spacial score (nSPS) is 12.0. The maximum Gasteiger partial charge on any atom is 0.148 e. The van der Waals surface area contributed by atoms with Crippen LogP contribution in [-0.4, -0.2) is 44.0 Å². The van der Waals surface area contributed by atoms with Crippen LogP contribution >= 0.6 is 11.6 Å². The van der Waals surface area contributed by atoms with Gasteiger partial charge in [0.2, 0.25) is 0 Å². The first-order valence-electron chi connectivity index (χ1n) is 5.11. The molecule has 0 bridgehead atoms. The third kappa shape index (κ3) is 5.39. The lowest BCUT2D eigenvalue weighted by Crippen LogP contribution is -2.24. The molecule has 0 atom stereocenters. The number of phenols is 1. The summed E-state index contributed by atoms with van der Waals surface area (Å²) < 4.78 is 22.0. The van der Waals surface area contributed by atoms with Crippen LogP contribution in [-0.2, 0) is 16.4 Å². The molecule has 1 aromatic carbocycles. The Bertz CT molecular complexity index is 487. The lowest BCUT2D eigenvalue weighted by molar-refractivity contribution is 0.338. The molecule has 0 heterocycles. The minimum absolute atomic E-state index is 0.102. The molecular weight excluding hydrogens is 262 g/mol. The van der Waals surface area contributed by atoms with E-state index in [0.717, 1.165) is 0 Å². The fourth-order valence-electron chi connectivity index (χ4n) is 1.37. The monoisotopic (exact) mass is 277 g/mol. The zero-order chi connectivity index (χ0) is 13.1. The average molecular weight is 278 g/mol. The van der Waals surface area contributed by atoms with Crippen LogP contribution in [0.1, 0.15) is 5.56 Å². The van der Waals surface area contributed by atoms with Crippen molar-refractivity contribution >= 4 is 21.4 Å². The molecule has 1 N–H and O–H groups in total. The summed E-state index contributed by atoms with van der Waals surface area (Å²) in [6.07, 6.45) is 1.21. The van der Waals surface area contributed by atoms with Crippen LogP contribution in [0.2, 0.25) is 5.02 Å². The molecule has 0 saturated carbocycles. The van der Waals surface area contributed by atoms with Gasteiger partial charge in [-0.1, -0.05) is 11.6 Å². The summed E-state index contributed by atoms with van der Waals surface area (Å²) in [6.45, 7) is 0.882. The molecule has 0 fully saturated rings. The molecule has 0 aliphatic heterocycles. The number of sulfone groups is 1. The first-order valence-corrected chi connectivity index (χ1v) is 7.55. The molecule has 1 aromatic rings. The van der Waals surface area contributed by atoms with Gasteiger partial charge in [-0.05, 0) is 25.2 Å². The fourth-order valence-corrected chi connectivity index (χ4v) is 2.21. The van der Waals surface area contributed by atoms with E-state index in [1.165, 1.54) is 12.3 Å². The summed E-state index contributed by atoms with van der Waals surface area (Å²) in [5.41, 5.74) is 0.688.